The Labute approximate surface area is 91.3 Å². The predicted octanol–water partition coefficient (Wildman–Crippen LogP) is 1.90. The maximum Gasteiger partial charge on any atom is 0.123 e. The van der Waals surface area contributed by atoms with Crippen LogP contribution in [0.1, 0.15) is 25.0 Å². The zero-order valence-corrected chi connectivity index (χ0v) is 9.32. The van der Waals surface area contributed by atoms with Gasteiger partial charge in [0.2, 0.25) is 0 Å². The van der Waals surface area contributed by atoms with Crippen LogP contribution in [0.25, 0.3) is 0 Å². The molecule has 1 aromatic rings. The van der Waals surface area contributed by atoms with Crippen LogP contribution in [0.3, 0.4) is 0 Å². The average Bonchev–Trinajstić information content (AvgIpc) is 2.11. The highest BCUT2D eigenvalue weighted by molar-refractivity contribution is 5.28. The molecular formula is C12H19N3. The van der Waals surface area contributed by atoms with E-state index in [1.54, 1.807) is 0 Å². The van der Waals surface area contributed by atoms with E-state index in [1.165, 1.54) is 25.8 Å². The van der Waals surface area contributed by atoms with Crippen molar-refractivity contribution < 1.29 is 0 Å². The average molecular weight is 205 g/mol. The molecule has 0 spiro atoms. The summed E-state index contributed by atoms with van der Waals surface area (Å²) in [6.07, 6.45) is 4.21. The number of hydrogen-bond acceptors (Lipinski definition) is 3. The van der Waals surface area contributed by atoms with Crippen molar-refractivity contribution in [3.63, 3.8) is 0 Å². The van der Waals surface area contributed by atoms with Crippen LogP contribution in [0.5, 0.6) is 0 Å². The standard InChI is InChI=1S/C12H19N3/c1-15(8-10-4-2-5-10)9-11-6-3-7-12(13)14-11/h3,6-7,10H,2,4-5,8-9H2,1H3,(H2,13,14). The largest absolute Gasteiger partial charge is 0.384 e. The zero-order valence-electron chi connectivity index (χ0n) is 9.32. The third-order valence-electron chi connectivity index (χ3n) is 3.05. The molecule has 3 nitrogen and oxygen atoms in total. The van der Waals surface area contributed by atoms with Crippen molar-refractivity contribution in [2.45, 2.75) is 25.8 Å². The number of pyridine rings is 1. The molecule has 1 aliphatic rings. The Morgan fingerprint density at radius 1 is 1.47 bits per heavy atom. The van der Waals surface area contributed by atoms with Gasteiger partial charge < -0.3 is 10.6 Å². The van der Waals surface area contributed by atoms with Gasteiger partial charge in [-0.3, -0.25) is 0 Å². The quantitative estimate of drug-likeness (QED) is 0.816. The van der Waals surface area contributed by atoms with Gasteiger partial charge in [0, 0.05) is 13.1 Å². The lowest BCUT2D eigenvalue weighted by atomic mass is 9.85. The molecule has 0 saturated heterocycles. The van der Waals surface area contributed by atoms with Crippen molar-refractivity contribution in [3.05, 3.63) is 23.9 Å². The molecule has 0 radical (unpaired) electrons. The minimum Gasteiger partial charge on any atom is -0.384 e. The molecule has 0 unspecified atom stereocenters. The van der Waals surface area contributed by atoms with Gasteiger partial charge in [0.15, 0.2) is 0 Å². The molecule has 0 amide bonds. The molecule has 2 rings (SSSR count). The molecule has 0 atom stereocenters. The number of anilines is 1. The highest BCUT2D eigenvalue weighted by Gasteiger charge is 2.18. The van der Waals surface area contributed by atoms with Crippen LogP contribution in [0, 0.1) is 5.92 Å². The minimum atomic E-state index is 0.615. The van der Waals surface area contributed by atoms with Gasteiger partial charge >= 0.3 is 0 Å². The van der Waals surface area contributed by atoms with Crippen molar-refractivity contribution in [2.24, 2.45) is 5.92 Å². The van der Waals surface area contributed by atoms with Gasteiger partial charge in [-0.25, -0.2) is 4.98 Å². The third-order valence-corrected chi connectivity index (χ3v) is 3.05. The first-order valence-electron chi connectivity index (χ1n) is 5.64. The molecule has 1 fully saturated rings. The van der Waals surface area contributed by atoms with E-state index < -0.39 is 0 Å². The van der Waals surface area contributed by atoms with E-state index in [-0.39, 0.29) is 0 Å². The molecule has 82 valence electrons. The smallest absolute Gasteiger partial charge is 0.123 e. The van der Waals surface area contributed by atoms with Crippen LogP contribution in [-0.4, -0.2) is 23.5 Å². The Bertz CT molecular complexity index is 320. The zero-order chi connectivity index (χ0) is 10.7. The van der Waals surface area contributed by atoms with E-state index in [9.17, 15) is 0 Å². The van der Waals surface area contributed by atoms with Gasteiger partial charge in [0.05, 0.1) is 5.69 Å². The molecule has 2 N–H and O–H groups in total. The SMILES string of the molecule is CN(Cc1cccc(N)n1)CC1CCC1. The normalized spacial score (nSPS) is 16.7. The fourth-order valence-corrected chi connectivity index (χ4v) is 2.04. The second kappa shape index (κ2) is 4.62. The fourth-order valence-electron chi connectivity index (χ4n) is 2.04. The summed E-state index contributed by atoms with van der Waals surface area (Å²) in [6, 6.07) is 5.83. The number of hydrogen-bond donors (Lipinski definition) is 1. The molecule has 1 heterocycles. The molecule has 3 heteroatoms. The van der Waals surface area contributed by atoms with Crippen molar-refractivity contribution in [1.82, 2.24) is 9.88 Å². The first-order chi connectivity index (χ1) is 7.24. The summed E-state index contributed by atoms with van der Waals surface area (Å²) < 4.78 is 0. The number of nitrogen functional groups attached to an aromatic ring is 1. The van der Waals surface area contributed by atoms with E-state index in [0.717, 1.165) is 18.2 Å². The monoisotopic (exact) mass is 205 g/mol. The molecule has 0 aromatic carbocycles. The van der Waals surface area contributed by atoms with Gasteiger partial charge in [-0.05, 0) is 37.9 Å². The fraction of sp³-hybridized carbons (Fsp3) is 0.583. The summed E-state index contributed by atoms with van der Waals surface area (Å²) >= 11 is 0. The molecule has 1 aromatic heterocycles. The van der Waals surface area contributed by atoms with E-state index in [2.05, 4.69) is 16.9 Å². The summed E-state index contributed by atoms with van der Waals surface area (Å²) in [5.41, 5.74) is 6.71. The molecule has 0 bridgehead atoms. The van der Waals surface area contributed by atoms with E-state index >= 15 is 0 Å². The minimum absolute atomic E-state index is 0.615. The van der Waals surface area contributed by atoms with Gasteiger partial charge in [0.1, 0.15) is 5.82 Å². The Balaban J connectivity index is 1.84. The highest BCUT2D eigenvalue weighted by atomic mass is 15.1. The maximum absolute atomic E-state index is 5.64. The van der Waals surface area contributed by atoms with Crippen molar-refractivity contribution in [3.8, 4) is 0 Å². The second-order valence-corrected chi connectivity index (χ2v) is 4.55. The van der Waals surface area contributed by atoms with Gasteiger partial charge in [-0.15, -0.1) is 0 Å². The van der Waals surface area contributed by atoms with E-state index in [0.29, 0.717) is 5.82 Å². The van der Waals surface area contributed by atoms with Gasteiger partial charge in [0.25, 0.3) is 0 Å². The van der Waals surface area contributed by atoms with Crippen LogP contribution < -0.4 is 5.73 Å². The lowest BCUT2D eigenvalue weighted by Gasteiger charge is -2.29. The van der Waals surface area contributed by atoms with E-state index in [1.807, 2.05) is 18.2 Å². The lowest BCUT2D eigenvalue weighted by molar-refractivity contribution is 0.199. The highest BCUT2D eigenvalue weighted by Crippen LogP contribution is 2.26. The van der Waals surface area contributed by atoms with Gasteiger partial charge in [-0.2, -0.15) is 0 Å². The van der Waals surface area contributed by atoms with Crippen LogP contribution >= 0.6 is 0 Å². The topological polar surface area (TPSA) is 42.1 Å². The molecule has 0 aliphatic heterocycles. The number of nitrogens with two attached hydrogens (primary N) is 1. The van der Waals surface area contributed by atoms with Crippen LogP contribution in [0.4, 0.5) is 5.82 Å². The maximum atomic E-state index is 5.64. The summed E-state index contributed by atoms with van der Waals surface area (Å²) in [4.78, 5) is 6.64. The summed E-state index contributed by atoms with van der Waals surface area (Å²) in [5, 5.41) is 0. The molecular weight excluding hydrogens is 186 g/mol. The summed E-state index contributed by atoms with van der Waals surface area (Å²) in [7, 11) is 2.16. The van der Waals surface area contributed by atoms with Gasteiger partial charge in [-0.1, -0.05) is 12.5 Å². The number of nitrogens with zero attached hydrogens (tertiary/aromatic N) is 2. The van der Waals surface area contributed by atoms with Crippen molar-refractivity contribution in [1.29, 1.82) is 0 Å². The first kappa shape index (κ1) is 10.4. The predicted molar refractivity (Wildman–Crippen MR) is 62.3 cm³/mol. The van der Waals surface area contributed by atoms with Crippen molar-refractivity contribution in [2.75, 3.05) is 19.3 Å². The van der Waals surface area contributed by atoms with Crippen LogP contribution in [0.15, 0.2) is 18.2 Å². The molecule has 1 saturated carbocycles. The Kier molecular flexibility index (Phi) is 3.21. The second-order valence-electron chi connectivity index (χ2n) is 4.55. The Hall–Kier alpha value is -1.09. The Morgan fingerprint density at radius 3 is 2.87 bits per heavy atom. The molecule has 15 heavy (non-hydrogen) atoms. The Morgan fingerprint density at radius 2 is 2.27 bits per heavy atom. The lowest BCUT2D eigenvalue weighted by Crippen LogP contribution is -2.29. The van der Waals surface area contributed by atoms with Crippen LogP contribution in [0.2, 0.25) is 0 Å². The molecule has 1 aliphatic carbocycles. The van der Waals surface area contributed by atoms with E-state index in [4.69, 9.17) is 5.73 Å². The van der Waals surface area contributed by atoms with Crippen molar-refractivity contribution >= 4 is 5.82 Å². The number of rotatable bonds is 4. The summed E-state index contributed by atoms with van der Waals surface area (Å²) in [6.45, 7) is 2.10. The number of aromatic nitrogens is 1. The van der Waals surface area contributed by atoms with Crippen LogP contribution in [-0.2, 0) is 6.54 Å². The third kappa shape index (κ3) is 2.93. The summed E-state index contributed by atoms with van der Waals surface area (Å²) in [5.74, 6) is 1.53. The first-order valence-corrected chi connectivity index (χ1v) is 5.64.